The third kappa shape index (κ3) is 3.70. The minimum Gasteiger partial charge on any atom is -0.351 e. The normalized spacial score (nSPS) is 19.2. The van der Waals surface area contributed by atoms with E-state index in [1.54, 1.807) is 24.4 Å². The van der Waals surface area contributed by atoms with Gasteiger partial charge in [0, 0.05) is 17.6 Å². The average Bonchev–Trinajstić information content (AvgIpc) is 2.93. The van der Waals surface area contributed by atoms with Crippen molar-refractivity contribution in [3.8, 4) is 0 Å². The molecule has 1 saturated heterocycles. The van der Waals surface area contributed by atoms with E-state index in [-0.39, 0.29) is 11.5 Å². The van der Waals surface area contributed by atoms with Crippen molar-refractivity contribution < 1.29 is 18.0 Å². The van der Waals surface area contributed by atoms with Crippen LogP contribution in [-0.4, -0.2) is 42.8 Å². The number of hydrogen-bond donors (Lipinski definition) is 2. The lowest BCUT2D eigenvalue weighted by atomic mass is 9.90. The lowest BCUT2D eigenvalue weighted by Gasteiger charge is -2.24. The second-order valence-electron chi connectivity index (χ2n) is 7.03. The topological polar surface area (TPSA) is 105 Å². The van der Waals surface area contributed by atoms with Crippen molar-refractivity contribution in [2.75, 3.05) is 16.8 Å². The molecule has 138 valence electrons. The number of para-hydroxylation sites is 1. The zero-order chi connectivity index (χ0) is 18.9. The molecule has 0 spiro atoms. The van der Waals surface area contributed by atoms with E-state index in [0.717, 1.165) is 5.39 Å². The van der Waals surface area contributed by atoms with Crippen LogP contribution in [0.5, 0.6) is 0 Å². The highest BCUT2D eigenvalue weighted by atomic mass is 32.2. The maximum absolute atomic E-state index is 12.7. The Kier molecular flexibility index (Phi) is 4.70. The largest absolute Gasteiger partial charge is 0.351 e. The van der Waals surface area contributed by atoms with Gasteiger partial charge in [0.05, 0.1) is 22.7 Å². The molecular weight excluding hydrogens is 354 g/mol. The Morgan fingerprint density at radius 1 is 1.15 bits per heavy atom. The summed E-state index contributed by atoms with van der Waals surface area (Å²) in [7, 11) is -3.10. The minimum atomic E-state index is -3.10. The lowest BCUT2D eigenvalue weighted by molar-refractivity contribution is -0.138. The zero-order valence-corrected chi connectivity index (χ0v) is 15.5. The Balaban J connectivity index is 1.74. The highest BCUT2D eigenvalue weighted by Gasteiger charge is 2.39. The van der Waals surface area contributed by atoms with E-state index in [2.05, 4.69) is 15.6 Å². The van der Waals surface area contributed by atoms with Crippen LogP contribution in [0.2, 0.25) is 0 Å². The molecule has 2 amide bonds. The summed E-state index contributed by atoms with van der Waals surface area (Å²) in [6, 6.07) is 8.66. The second-order valence-corrected chi connectivity index (χ2v) is 9.26. The van der Waals surface area contributed by atoms with Gasteiger partial charge < -0.3 is 10.6 Å². The maximum atomic E-state index is 12.7. The van der Waals surface area contributed by atoms with Crippen LogP contribution in [0.4, 0.5) is 5.69 Å². The van der Waals surface area contributed by atoms with E-state index in [0.29, 0.717) is 17.6 Å². The molecule has 2 heterocycles. The van der Waals surface area contributed by atoms with Crippen LogP contribution in [0.25, 0.3) is 10.9 Å². The summed E-state index contributed by atoms with van der Waals surface area (Å²) >= 11 is 0. The van der Waals surface area contributed by atoms with Gasteiger partial charge in [0.2, 0.25) is 11.8 Å². The molecule has 7 nitrogen and oxygen atoms in total. The number of aromatic nitrogens is 1. The van der Waals surface area contributed by atoms with Crippen LogP contribution < -0.4 is 10.6 Å². The Labute approximate surface area is 152 Å². The van der Waals surface area contributed by atoms with Crippen molar-refractivity contribution in [3.05, 3.63) is 36.5 Å². The summed E-state index contributed by atoms with van der Waals surface area (Å²) in [6.45, 7) is 3.03. The molecule has 1 atom stereocenters. The predicted octanol–water partition coefficient (Wildman–Crippen LogP) is 1.50. The predicted molar refractivity (Wildman–Crippen MR) is 99.4 cm³/mol. The number of hydrogen-bond acceptors (Lipinski definition) is 5. The number of carbonyl (C=O) groups excluding carboxylic acids is 2. The number of nitrogens with one attached hydrogen (secondary N) is 2. The number of carbonyl (C=O) groups is 2. The van der Waals surface area contributed by atoms with Gasteiger partial charge in [0.25, 0.3) is 0 Å². The Hall–Kier alpha value is -2.48. The number of rotatable bonds is 4. The fourth-order valence-corrected chi connectivity index (χ4v) is 4.53. The summed E-state index contributed by atoms with van der Waals surface area (Å²) in [4.78, 5) is 29.5. The molecule has 1 aliphatic heterocycles. The molecule has 0 bridgehead atoms. The van der Waals surface area contributed by atoms with Crippen LogP contribution >= 0.6 is 0 Å². The summed E-state index contributed by atoms with van der Waals surface area (Å²) in [5, 5.41) is 6.33. The van der Waals surface area contributed by atoms with Gasteiger partial charge in [-0.2, -0.15) is 0 Å². The minimum absolute atomic E-state index is 0.0618. The summed E-state index contributed by atoms with van der Waals surface area (Å²) in [5.41, 5.74) is -0.192. The number of fused-ring (bicyclic) bond motifs is 1. The third-order valence-corrected chi connectivity index (χ3v) is 6.35. The van der Waals surface area contributed by atoms with Crippen molar-refractivity contribution in [2.24, 2.45) is 5.41 Å². The van der Waals surface area contributed by atoms with Gasteiger partial charge >= 0.3 is 0 Å². The first-order valence-electron chi connectivity index (χ1n) is 8.36. The molecule has 1 aromatic carbocycles. The number of benzene rings is 1. The number of nitrogens with zero attached hydrogens (tertiary/aromatic N) is 1. The number of sulfone groups is 1. The van der Waals surface area contributed by atoms with Crippen LogP contribution in [0, 0.1) is 5.41 Å². The standard InChI is InChI=1S/C18H21N3O4S/c1-18(2,16(22)20-13-8-10-26(24,25)11-13)17(23)21-14-7-3-5-12-6-4-9-19-15(12)14/h3-7,9,13H,8,10-11H2,1-2H3,(H,20,22)(H,21,23). The van der Waals surface area contributed by atoms with Crippen LogP contribution in [0.3, 0.4) is 0 Å². The van der Waals surface area contributed by atoms with E-state index >= 15 is 0 Å². The van der Waals surface area contributed by atoms with Gasteiger partial charge in [-0.15, -0.1) is 0 Å². The van der Waals surface area contributed by atoms with Crippen molar-refractivity contribution in [1.29, 1.82) is 0 Å². The molecule has 3 rings (SSSR count). The molecule has 1 aliphatic rings. The number of pyridine rings is 1. The van der Waals surface area contributed by atoms with Crippen molar-refractivity contribution >= 4 is 38.2 Å². The molecule has 0 radical (unpaired) electrons. The fourth-order valence-electron chi connectivity index (χ4n) is 2.86. The van der Waals surface area contributed by atoms with Crippen LogP contribution in [0.15, 0.2) is 36.5 Å². The molecule has 26 heavy (non-hydrogen) atoms. The van der Waals surface area contributed by atoms with Gasteiger partial charge in [-0.25, -0.2) is 8.42 Å². The van der Waals surface area contributed by atoms with Gasteiger partial charge in [-0.05, 0) is 32.4 Å². The summed E-state index contributed by atoms with van der Waals surface area (Å²) in [5.74, 6) is -0.991. The molecule has 2 aromatic rings. The van der Waals surface area contributed by atoms with Crippen LogP contribution in [0.1, 0.15) is 20.3 Å². The first-order chi connectivity index (χ1) is 12.2. The van der Waals surface area contributed by atoms with E-state index in [1.807, 2.05) is 12.1 Å². The molecule has 1 aromatic heterocycles. The highest BCUT2D eigenvalue weighted by molar-refractivity contribution is 7.91. The molecule has 0 aliphatic carbocycles. The van der Waals surface area contributed by atoms with Gasteiger partial charge in [0.1, 0.15) is 5.41 Å². The van der Waals surface area contributed by atoms with Gasteiger partial charge in [-0.1, -0.05) is 18.2 Å². The summed E-state index contributed by atoms with van der Waals surface area (Å²) < 4.78 is 23.1. The average molecular weight is 375 g/mol. The van der Waals surface area contributed by atoms with E-state index in [1.165, 1.54) is 13.8 Å². The number of anilines is 1. The van der Waals surface area contributed by atoms with E-state index in [4.69, 9.17) is 0 Å². The molecule has 2 N–H and O–H groups in total. The third-order valence-electron chi connectivity index (χ3n) is 4.58. The molecule has 1 unspecified atom stereocenters. The quantitative estimate of drug-likeness (QED) is 0.788. The summed E-state index contributed by atoms with van der Waals surface area (Å²) in [6.07, 6.45) is 2.01. The van der Waals surface area contributed by atoms with Gasteiger partial charge in [0.15, 0.2) is 9.84 Å². The lowest BCUT2D eigenvalue weighted by Crippen LogP contribution is -2.48. The monoisotopic (exact) mass is 375 g/mol. The van der Waals surface area contributed by atoms with Gasteiger partial charge in [-0.3, -0.25) is 14.6 Å². The van der Waals surface area contributed by atoms with Crippen molar-refractivity contribution in [1.82, 2.24) is 10.3 Å². The molecular formula is C18H21N3O4S. The molecule has 8 heteroatoms. The van der Waals surface area contributed by atoms with Crippen molar-refractivity contribution in [2.45, 2.75) is 26.3 Å². The van der Waals surface area contributed by atoms with Crippen molar-refractivity contribution in [3.63, 3.8) is 0 Å². The first kappa shape index (κ1) is 18.3. The Morgan fingerprint density at radius 2 is 1.88 bits per heavy atom. The maximum Gasteiger partial charge on any atom is 0.239 e. The van der Waals surface area contributed by atoms with Crippen LogP contribution in [-0.2, 0) is 19.4 Å². The fraction of sp³-hybridized carbons (Fsp3) is 0.389. The smallest absolute Gasteiger partial charge is 0.239 e. The molecule has 1 fully saturated rings. The Morgan fingerprint density at radius 3 is 2.58 bits per heavy atom. The number of amides is 2. The SMILES string of the molecule is CC(C)(C(=O)Nc1cccc2cccnc12)C(=O)NC1CCS(=O)(=O)C1. The highest BCUT2D eigenvalue weighted by Crippen LogP contribution is 2.25. The Bertz CT molecular complexity index is 964. The van der Waals surface area contributed by atoms with E-state index in [9.17, 15) is 18.0 Å². The first-order valence-corrected chi connectivity index (χ1v) is 10.2. The zero-order valence-electron chi connectivity index (χ0n) is 14.7. The molecule has 0 saturated carbocycles. The van der Waals surface area contributed by atoms with E-state index < -0.39 is 33.1 Å². The second kappa shape index (κ2) is 6.68.